The van der Waals surface area contributed by atoms with E-state index in [2.05, 4.69) is 5.32 Å². The van der Waals surface area contributed by atoms with Crippen LogP contribution >= 0.6 is 0 Å². The SMILES string of the molecule is CCOCc1c(C(=O)OCC(=O)c2ccc3c(c2)[C@@H](C)C(=O)N3)oc2ccccc12. The molecule has 0 unspecified atom stereocenters. The van der Waals surface area contributed by atoms with Crippen LogP contribution in [0.5, 0.6) is 0 Å². The van der Waals surface area contributed by atoms with Gasteiger partial charge in [-0.05, 0) is 43.7 Å². The number of anilines is 1. The van der Waals surface area contributed by atoms with Gasteiger partial charge in [-0.25, -0.2) is 4.79 Å². The van der Waals surface area contributed by atoms with Crippen molar-refractivity contribution in [2.24, 2.45) is 0 Å². The van der Waals surface area contributed by atoms with Crippen molar-refractivity contribution in [3.8, 4) is 0 Å². The molecule has 1 aliphatic heterocycles. The maximum atomic E-state index is 12.6. The van der Waals surface area contributed by atoms with Gasteiger partial charge in [-0.1, -0.05) is 18.2 Å². The highest BCUT2D eigenvalue weighted by atomic mass is 16.5. The fourth-order valence-electron chi connectivity index (χ4n) is 3.48. The first kappa shape index (κ1) is 19.8. The monoisotopic (exact) mass is 407 g/mol. The van der Waals surface area contributed by atoms with Gasteiger partial charge < -0.3 is 19.2 Å². The molecule has 154 valence electrons. The topological polar surface area (TPSA) is 94.8 Å². The summed E-state index contributed by atoms with van der Waals surface area (Å²) in [5, 5.41) is 3.53. The van der Waals surface area contributed by atoms with Crippen LogP contribution in [0.15, 0.2) is 46.9 Å². The van der Waals surface area contributed by atoms with Crippen LogP contribution in [0.1, 0.15) is 51.8 Å². The Kier molecular flexibility index (Phi) is 5.37. The summed E-state index contributed by atoms with van der Waals surface area (Å²) in [6, 6.07) is 12.2. The second-order valence-corrected chi connectivity index (χ2v) is 7.06. The Bertz CT molecular complexity index is 1150. The second-order valence-electron chi connectivity index (χ2n) is 7.06. The van der Waals surface area contributed by atoms with Crippen molar-refractivity contribution in [2.45, 2.75) is 26.4 Å². The molecule has 2 aromatic carbocycles. The van der Waals surface area contributed by atoms with Gasteiger partial charge in [0.15, 0.2) is 12.4 Å². The van der Waals surface area contributed by atoms with Crippen LogP contribution < -0.4 is 5.32 Å². The number of furan rings is 1. The lowest BCUT2D eigenvalue weighted by Crippen LogP contribution is -2.15. The molecular weight excluding hydrogens is 386 g/mol. The fraction of sp³-hybridized carbons (Fsp3) is 0.261. The van der Waals surface area contributed by atoms with Gasteiger partial charge in [-0.3, -0.25) is 9.59 Å². The number of carbonyl (C=O) groups excluding carboxylic acids is 3. The van der Waals surface area contributed by atoms with E-state index in [4.69, 9.17) is 13.9 Å². The van der Waals surface area contributed by atoms with E-state index in [1.807, 2.05) is 25.1 Å². The van der Waals surface area contributed by atoms with E-state index in [1.54, 1.807) is 31.2 Å². The average Bonchev–Trinajstić information content (AvgIpc) is 3.27. The van der Waals surface area contributed by atoms with E-state index >= 15 is 0 Å². The zero-order valence-corrected chi connectivity index (χ0v) is 16.7. The van der Waals surface area contributed by atoms with Crippen LogP contribution in [0.25, 0.3) is 11.0 Å². The van der Waals surface area contributed by atoms with Crippen molar-refractivity contribution in [1.29, 1.82) is 0 Å². The Morgan fingerprint density at radius 3 is 2.77 bits per heavy atom. The fourth-order valence-corrected chi connectivity index (χ4v) is 3.48. The van der Waals surface area contributed by atoms with E-state index < -0.39 is 12.6 Å². The standard InChI is InChI=1S/C23H21NO6/c1-3-28-11-17-15-6-4-5-7-20(15)30-21(17)23(27)29-12-19(25)14-8-9-18-16(10-14)13(2)22(26)24-18/h4-10,13H,3,11-12H2,1-2H3,(H,24,26)/t13-/m1/s1. The summed E-state index contributed by atoms with van der Waals surface area (Å²) in [5.74, 6) is -1.48. The molecule has 2 heterocycles. The van der Waals surface area contributed by atoms with Gasteiger partial charge in [0.1, 0.15) is 5.58 Å². The predicted molar refractivity (Wildman–Crippen MR) is 110 cm³/mol. The van der Waals surface area contributed by atoms with Gasteiger partial charge in [-0.2, -0.15) is 0 Å². The molecule has 0 aliphatic carbocycles. The van der Waals surface area contributed by atoms with E-state index in [0.717, 1.165) is 10.9 Å². The summed E-state index contributed by atoms with van der Waals surface area (Å²) in [7, 11) is 0. The molecule has 0 bridgehead atoms. The number of carbonyl (C=O) groups is 3. The first-order valence-corrected chi connectivity index (χ1v) is 9.73. The number of rotatable bonds is 7. The van der Waals surface area contributed by atoms with Crippen molar-refractivity contribution in [3.63, 3.8) is 0 Å². The lowest BCUT2D eigenvalue weighted by Gasteiger charge is -2.07. The van der Waals surface area contributed by atoms with Gasteiger partial charge in [0.05, 0.1) is 12.5 Å². The molecule has 30 heavy (non-hydrogen) atoms. The molecule has 7 nitrogen and oxygen atoms in total. The molecule has 1 amide bonds. The van der Waals surface area contributed by atoms with Crippen molar-refractivity contribution < 1.29 is 28.3 Å². The van der Waals surface area contributed by atoms with Crippen molar-refractivity contribution in [3.05, 3.63) is 64.9 Å². The molecular formula is C23H21NO6. The first-order valence-electron chi connectivity index (χ1n) is 9.73. The van der Waals surface area contributed by atoms with Gasteiger partial charge in [0.25, 0.3) is 0 Å². The van der Waals surface area contributed by atoms with Crippen molar-refractivity contribution in [2.75, 3.05) is 18.5 Å². The van der Waals surface area contributed by atoms with Crippen LogP contribution in [0.4, 0.5) is 5.69 Å². The second kappa shape index (κ2) is 8.12. The number of hydrogen-bond acceptors (Lipinski definition) is 6. The lowest BCUT2D eigenvalue weighted by molar-refractivity contribution is -0.116. The third kappa shape index (κ3) is 3.59. The lowest BCUT2D eigenvalue weighted by atomic mass is 9.99. The summed E-state index contributed by atoms with van der Waals surface area (Å²) in [4.78, 5) is 37.0. The maximum absolute atomic E-state index is 12.6. The summed E-state index contributed by atoms with van der Waals surface area (Å²) in [6.45, 7) is 3.89. The number of hydrogen-bond donors (Lipinski definition) is 1. The summed E-state index contributed by atoms with van der Waals surface area (Å²) in [5.41, 5.74) is 2.98. The number of benzene rings is 2. The number of nitrogens with one attached hydrogen (secondary N) is 1. The molecule has 1 atom stereocenters. The molecule has 1 aliphatic rings. The number of para-hydroxylation sites is 1. The van der Waals surface area contributed by atoms with Gasteiger partial charge in [0.2, 0.25) is 11.7 Å². The zero-order valence-electron chi connectivity index (χ0n) is 16.7. The quantitative estimate of drug-likeness (QED) is 0.469. The minimum absolute atomic E-state index is 0.0369. The normalized spacial score (nSPS) is 15.1. The highest BCUT2D eigenvalue weighted by Crippen LogP contribution is 2.33. The number of esters is 1. The minimum atomic E-state index is -0.722. The van der Waals surface area contributed by atoms with Crippen molar-refractivity contribution in [1.82, 2.24) is 0 Å². The van der Waals surface area contributed by atoms with E-state index in [1.165, 1.54) is 0 Å². The zero-order chi connectivity index (χ0) is 21.3. The summed E-state index contributed by atoms with van der Waals surface area (Å²) >= 11 is 0. The van der Waals surface area contributed by atoms with Crippen LogP contribution in [-0.2, 0) is 20.9 Å². The molecule has 0 radical (unpaired) electrons. The molecule has 0 spiro atoms. The molecule has 7 heteroatoms. The molecule has 4 rings (SSSR count). The highest BCUT2D eigenvalue weighted by molar-refractivity contribution is 6.05. The third-order valence-corrected chi connectivity index (χ3v) is 5.16. The molecule has 0 saturated heterocycles. The van der Waals surface area contributed by atoms with Crippen LogP contribution in [0, 0.1) is 0 Å². The number of amides is 1. The average molecular weight is 407 g/mol. The van der Waals surface area contributed by atoms with Crippen molar-refractivity contribution >= 4 is 34.3 Å². The van der Waals surface area contributed by atoms with E-state index in [0.29, 0.717) is 29.0 Å². The summed E-state index contributed by atoms with van der Waals surface area (Å²) in [6.07, 6.45) is 0. The van der Waals surface area contributed by atoms with E-state index in [9.17, 15) is 14.4 Å². The number of ether oxygens (including phenoxy) is 2. The molecule has 3 aromatic rings. The van der Waals surface area contributed by atoms with Crippen LogP contribution in [0.2, 0.25) is 0 Å². The van der Waals surface area contributed by atoms with Gasteiger partial charge in [-0.15, -0.1) is 0 Å². The van der Waals surface area contributed by atoms with E-state index in [-0.39, 0.29) is 30.0 Å². The third-order valence-electron chi connectivity index (χ3n) is 5.16. The Morgan fingerprint density at radius 2 is 1.97 bits per heavy atom. The van der Waals surface area contributed by atoms with Gasteiger partial charge in [0, 0.05) is 28.8 Å². The minimum Gasteiger partial charge on any atom is -0.451 e. The number of fused-ring (bicyclic) bond motifs is 2. The van der Waals surface area contributed by atoms with Crippen LogP contribution in [-0.4, -0.2) is 30.9 Å². The van der Waals surface area contributed by atoms with Crippen LogP contribution in [0.3, 0.4) is 0 Å². The highest BCUT2D eigenvalue weighted by Gasteiger charge is 2.28. The van der Waals surface area contributed by atoms with Gasteiger partial charge >= 0.3 is 5.97 Å². The largest absolute Gasteiger partial charge is 0.451 e. The number of ketones is 1. The Labute approximate surface area is 173 Å². The number of Topliss-reactive ketones (excluding diaryl/α,β-unsaturated/α-hetero) is 1. The molecule has 0 saturated carbocycles. The molecule has 1 aromatic heterocycles. The predicted octanol–water partition coefficient (Wildman–Crippen LogP) is 4.06. The smallest absolute Gasteiger partial charge is 0.375 e. The molecule has 1 N–H and O–H groups in total. The Morgan fingerprint density at radius 1 is 1.17 bits per heavy atom. The molecule has 0 fully saturated rings. The first-order chi connectivity index (χ1) is 14.5. The summed E-state index contributed by atoms with van der Waals surface area (Å²) < 4.78 is 16.4. The Hall–Kier alpha value is -3.45. The maximum Gasteiger partial charge on any atom is 0.375 e. The Balaban J connectivity index is 1.50.